The maximum absolute atomic E-state index is 9.66. The highest BCUT2D eigenvalue weighted by Gasteiger charge is 1.98. The van der Waals surface area contributed by atoms with E-state index in [1.807, 2.05) is 5.29 Å². The molecule has 0 bridgehead atoms. The Morgan fingerprint density at radius 3 is 2.14 bits per heavy atom. The lowest BCUT2D eigenvalue weighted by atomic mass is 11.1. The minimum absolute atomic E-state index is 0. The minimum Gasteiger partial charge on any atom is -0.349 e. The van der Waals surface area contributed by atoms with Crippen molar-refractivity contribution < 1.29 is 4.79 Å². The van der Waals surface area contributed by atoms with Gasteiger partial charge in [-0.25, -0.2) is 10.6 Å². The average Bonchev–Trinajstić information content (AvgIpc) is 1.65. The first kappa shape index (κ1) is 5.83. The molecule has 0 aromatic carbocycles. The second kappa shape index (κ2) is 2.08. The number of nitrogens with two attached hydrogens (primary N) is 2. The van der Waals surface area contributed by atoms with Crippen molar-refractivity contribution in [3.05, 3.63) is 4.91 Å². The van der Waals surface area contributed by atoms with Crippen LogP contribution in [0.5, 0.6) is 0 Å². The first-order chi connectivity index (χ1) is 3.18. The van der Waals surface area contributed by atoms with Crippen molar-refractivity contribution in [3.8, 4) is 0 Å². The molecule has 0 atom stereocenters. The maximum atomic E-state index is 9.66. The summed E-state index contributed by atoms with van der Waals surface area (Å²) in [7, 11) is 0. The third-order valence-corrected chi connectivity index (χ3v) is 0.314. The highest BCUT2D eigenvalue weighted by Crippen LogP contribution is 1.70. The smallest absolute Gasteiger partial charge is 0.349 e. The van der Waals surface area contributed by atoms with Crippen molar-refractivity contribution >= 4 is 6.03 Å². The number of nitrogens with zero attached hydrogens (tertiary/aromatic N) is 2. The van der Waals surface area contributed by atoms with Crippen LogP contribution in [0.25, 0.3) is 0 Å². The van der Waals surface area contributed by atoms with E-state index in [1.54, 1.807) is 0 Å². The molecule has 0 spiro atoms. The number of amides is 2. The number of primary amides is 1. The van der Waals surface area contributed by atoms with Gasteiger partial charge in [0, 0.05) is 0 Å². The summed E-state index contributed by atoms with van der Waals surface area (Å²) >= 11 is 0. The van der Waals surface area contributed by atoms with E-state index in [9.17, 15) is 9.70 Å². The van der Waals surface area contributed by atoms with Crippen LogP contribution >= 0.6 is 0 Å². The van der Waals surface area contributed by atoms with E-state index in [0.717, 1.165) is 0 Å². The van der Waals surface area contributed by atoms with Crippen LogP contribution in [0.4, 0.5) is 4.79 Å². The Morgan fingerprint density at radius 2 is 2.14 bits per heavy atom. The molecule has 4 N–H and O–H groups in total. The zero-order valence-corrected chi connectivity index (χ0v) is 3.37. The number of urea groups is 1. The van der Waals surface area contributed by atoms with Crippen LogP contribution in [-0.2, 0) is 0 Å². The number of rotatable bonds is 1. The lowest BCUT2D eigenvalue weighted by Gasteiger charge is -1.96. The number of hydrazine groups is 1. The fourth-order valence-electron chi connectivity index (χ4n) is 0.0402. The molecule has 0 saturated heterocycles. The van der Waals surface area contributed by atoms with Crippen molar-refractivity contribution in [2.24, 2.45) is 16.9 Å². The molecule has 0 aliphatic carbocycles. The van der Waals surface area contributed by atoms with Crippen LogP contribution in [0.2, 0.25) is 0 Å². The molecule has 2 amide bonds. The number of carbonyl (C=O) groups excluding carboxylic acids is 1. The van der Waals surface area contributed by atoms with Gasteiger partial charge in [-0.15, -0.1) is 10.0 Å². The monoisotopic (exact) mass is 104 g/mol. The topological polar surface area (TPSA) is 102 Å². The highest BCUT2D eigenvalue weighted by atomic mass is 16.3. The van der Waals surface area contributed by atoms with Gasteiger partial charge >= 0.3 is 6.03 Å². The molecule has 0 fully saturated rings. The quantitative estimate of drug-likeness (QED) is 0.191. The van der Waals surface area contributed by atoms with E-state index in [4.69, 9.17) is 0 Å². The van der Waals surface area contributed by atoms with Gasteiger partial charge in [0.25, 0.3) is 0 Å². The molecule has 0 heterocycles. The van der Waals surface area contributed by atoms with E-state index >= 15 is 0 Å². The first-order valence-corrected chi connectivity index (χ1v) is 1.36. The van der Waals surface area contributed by atoms with Gasteiger partial charge in [0.05, 0.1) is 5.29 Å². The number of hydrogen-bond acceptors (Lipinski definition) is 4. The Balaban J connectivity index is 3.55. The maximum Gasteiger partial charge on any atom is 0.352 e. The fraction of sp³-hybridized carbons (Fsp3) is 0. The number of nitroso groups, excluding NO2 is 1. The average molecular weight is 104 g/mol. The van der Waals surface area contributed by atoms with Crippen LogP contribution in [0.3, 0.4) is 0 Å². The predicted octanol–water partition coefficient (Wildman–Crippen LogP) is -1.08. The van der Waals surface area contributed by atoms with Crippen molar-refractivity contribution in [2.45, 2.75) is 0 Å². The Hall–Kier alpha value is -1.17. The first-order valence-electron chi connectivity index (χ1n) is 1.36. The van der Waals surface area contributed by atoms with E-state index < -0.39 is 6.03 Å². The van der Waals surface area contributed by atoms with Crippen LogP contribution < -0.4 is 11.6 Å². The SMILES string of the molecule is NC(=O)N(N)N=O. The summed E-state index contributed by atoms with van der Waals surface area (Å²) in [5.41, 5.74) is 4.41. The van der Waals surface area contributed by atoms with E-state index in [1.165, 1.54) is 0 Å². The van der Waals surface area contributed by atoms with Gasteiger partial charge in [-0.05, 0) is 0 Å². The molecule has 7 heavy (non-hydrogen) atoms. The van der Waals surface area contributed by atoms with Crippen LogP contribution in [0.1, 0.15) is 0 Å². The molecule has 0 aromatic rings. The molecule has 0 saturated carbocycles. The lowest BCUT2D eigenvalue weighted by Crippen LogP contribution is -2.36. The van der Waals surface area contributed by atoms with Crippen LogP contribution in [-0.4, -0.2) is 11.1 Å². The van der Waals surface area contributed by atoms with Gasteiger partial charge in [0.2, 0.25) is 0 Å². The van der Waals surface area contributed by atoms with E-state index in [0.29, 0.717) is 0 Å². The summed E-state index contributed by atoms with van der Waals surface area (Å²) in [4.78, 5) is 18.9. The second-order valence-corrected chi connectivity index (χ2v) is 0.764. The van der Waals surface area contributed by atoms with Crippen molar-refractivity contribution in [1.29, 1.82) is 0 Å². The molecule has 0 radical (unpaired) electrons. The zero-order valence-electron chi connectivity index (χ0n) is 3.37. The normalized spacial score (nSPS) is 7.57. The molecule has 6 nitrogen and oxygen atoms in total. The largest absolute Gasteiger partial charge is 0.352 e. The highest BCUT2D eigenvalue weighted by molar-refractivity contribution is 5.70. The molecule has 6 heteroatoms. The summed E-state index contributed by atoms with van der Waals surface area (Å²) in [6, 6.07) is -1.07. The molecular weight excluding hydrogens is 100 g/mol. The third-order valence-electron chi connectivity index (χ3n) is 0.314. The Kier molecular flexibility index (Phi) is 1.74. The Morgan fingerprint density at radius 1 is 1.71 bits per heavy atom. The molecule has 0 rings (SSSR count). The molecular formula is CH4N4O2. The van der Waals surface area contributed by atoms with Crippen LogP contribution in [0.15, 0.2) is 5.29 Å². The Labute approximate surface area is 39.0 Å². The summed E-state index contributed by atoms with van der Waals surface area (Å²) in [6.07, 6.45) is 0. The standard InChI is InChI=1S/CH4N4O2/c2-1(6)5(3)4-7/h3H2,(H2,2,6). The summed E-state index contributed by atoms with van der Waals surface area (Å²) in [5, 5.41) is 1.97. The summed E-state index contributed by atoms with van der Waals surface area (Å²) in [6.45, 7) is 0. The molecule has 0 aliphatic heterocycles. The summed E-state index contributed by atoms with van der Waals surface area (Å²) < 4.78 is 0. The molecule has 0 unspecified atom stereocenters. The van der Waals surface area contributed by atoms with Crippen LogP contribution in [0, 0.1) is 4.91 Å². The molecule has 0 aliphatic rings. The van der Waals surface area contributed by atoms with Gasteiger partial charge in [-0.2, -0.15) is 0 Å². The van der Waals surface area contributed by atoms with Gasteiger partial charge in [0.1, 0.15) is 0 Å². The van der Waals surface area contributed by atoms with Gasteiger partial charge < -0.3 is 5.73 Å². The Bertz CT molecular complexity index is 89.7. The second-order valence-electron chi connectivity index (χ2n) is 0.764. The van der Waals surface area contributed by atoms with E-state index in [2.05, 4.69) is 11.6 Å². The van der Waals surface area contributed by atoms with E-state index in [-0.39, 0.29) is 5.12 Å². The number of hydrogen-bond donors (Lipinski definition) is 2. The van der Waals surface area contributed by atoms with Gasteiger partial charge in [0.15, 0.2) is 0 Å². The predicted molar refractivity (Wildman–Crippen MR) is 21.4 cm³/mol. The van der Waals surface area contributed by atoms with Gasteiger partial charge in [-0.3, -0.25) is 0 Å². The van der Waals surface area contributed by atoms with Crippen molar-refractivity contribution in [2.75, 3.05) is 0 Å². The zero-order chi connectivity index (χ0) is 5.86. The van der Waals surface area contributed by atoms with Crippen molar-refractivity contribution in [3.63, 3.8) is 0 Å². The third kappa shape index (κ3) is 1.66. The lowest BCUT2D eigenvalue weighted by molar-refractivity contribution is 0.210. The minimum atomic E-state index is -1.07. The molecule has 40 valence electrons. The summed E-state index contributed by atoms with van der Waals surface area (Å²) in [5.74, 6) is 4.50. The number of carbonyl (C=O) groups is 1. The van der Waals surface area contributed by atoms with Crippen molar-refractivity contribution in [1.82, 2.24) is 5.12 Å². The molecule has 0 aromatic heterocycles. The fourth-order valence-corrected chi connectivity index (χ4v) is 0.0402. The van der Waals surface area contributed by atoms with Gasteiger partial charge in [-0.1, -0.05) is 0 Å².